The average molecular weight is 337 g/mol. The first-order valence-electron chi connectivity index (χ1n) is 8.96. The Labute approximate surface area is 143 Å². The number of H-pyrrole nitrogens is 1. The lowest BCUT2D eigenvalue weighted by atomic mass is 9.92. The maximum atomic E-state index is 12.0. The van der Waals surface area contributed by atoms with Gasteiger partial charge < -0.3 is 21.1 Å². The molecule has 7 heteroatoms. The van der Waals surface area contributed by atoms with E-state index in [9.17, 15) is 4.79 Å². The molecule has 0 saturated heterocycles. The second-order valence-electron chi connectivity index (χ2n) is 7.06. The molecule has 0 saturated carbocycles. The summed E-state index contributed by atoms with van der Waals surface area (Å²) in [5.74, 6) is 0.607. The van der Waals surface area contributed by atoms with Gasteiger partial charge in [0.05, 0.1) is 18.2 Å². The van der Waals surface area contributed by atoms with Gasteiger partial charge in [-0.25, -0.2) is 0 Å². The number of ether oxygens (including phenoxy) is 1. The maximum absolute atomic E-state index is 12.0. The zero-order chi connectivity index (χ0) is 17.6. The summed E-state index contributed by atoms with van der Waals surface area (Å²) in [5.41, 5.74) is 5.48. The smallest absolute Gasteiger partial charge is 0.277 e. The molecular weight excluding hydrogens is 306 g/mol. The van der Waals surface area contributed by atoms with Crippen LogP contribution < -0.4 is 21.9 Å². The van der Waals surface area contributed by atoms with Gasteiger partial charge in [-0.2, -0.15) is 4.98 Å². The molecule has 1 aromatic heterocycles. The van der Waals surface area contributed by atoms with Crippen LogP contribution in [0.25, 0.3) is 0 Å². The summed E-state index contributed by atoms with van der Waals surface area (Å²) >= 11 is 0. The number of fused-ring (bicyclic) bond motifs is 1. The van der Waals surface area contributed by atoms with Crippen molar-refractivity contribution in [2.45, 2.75) is 70.9 Å². The molecule has 0 fully saturated rings. The molecule has 2 rings (SSSR count). The molecule has 1 aromatic rings. The van der Waals surface area contributed by atoms with Crippen LogP contribution in [0.1, 0.15) is 59.3 Å². The van der Waals surface area contributed by atoms with E-state index in [1.165, 1.54) is 32.1 Å². The minimum atomic E-state index is -0.290. The van der Waals surface area contributed by atoms with E-state index in [1.807, 2.05) is 0 Å². The highest BCUT2D eigenvalue weighted by Gasteiger charge is 2.36. The van der Waals surface area contributed by atoms with Gasteiger partial charge in [0.2, 0.25) is 5.95 Å². The van der Waals surface area contributed by atoms with Gasteiger partial charge in [-0.1, -0.05) is 39.0 Å². The largest absolute Gasteiger partial charge is 0.379 e. The lowest BCUT2D eigenvalue weighted by Crippen LogP contribution is -2.55. The third kappa shape index (κ3) is 4.87. The Morgan fingerprint density at radius 3 is 2.67 bits per heavy atom. The highest BCUT2D eigenvalue weighted by atomic mass is 16.5. The number of hydrogen-bond acceptors (Lipinski definition) is 6. The third-order valence-electron chi connectivity index (χ3n) is 4.49. The first-order chi connectivity index (χ1) is 11.4. The molecule has 5 N–H and O–H groups in total. The van der Waals surface area contributed by atoms with Crippen molar-refractivity contribution in [1.29, 1.82) is 0 Å². The van der Waals surface area contributed by atoms with Crippen molar-refractivity contribution in [2.24, 2.45) is 0 Å². The minimum absolute atomic E-state index is 0.0170. The van der Waals surface area contributed by atoms with Crippen molar-refractivity contribution in [3.63, 3.8) is 0 Å². The van der Waals surface area contributed by atoms with Crippen LogP contribution in [0, 0.1) is 0 Å². The fraction of sp³-hybridized carbons (Fsp3) is 0.765. The molecule has 0 spiro atoms. The summed E-state index contributed by atoms with van der Waals surface area (Å²) in [5, 5.41) is 6.54. The Morgan fingerprint density at radius 2 is 1.92 bits per heavy atom. The molecule has 136 valence electrons. The first-order valence-corrected chi connectivity index (χ1v) is 8.96. The maximum Gasteiger partial charge on any atom is 0.277 e. The first kappa shape index (κ1) is 18.6. The molecule has 0 amide bonds. The number of nitrogens with two attached hydrogens (primary N) is 1. The lowest BCUT2D eigenvalue weighted by Gasteiger charge is -2.41. The van der Waals surface area contributed by atoms with Gasteiger partial charge in [0.15, 0.2) is 5.82 Å². The fourth-order valence-corrected chi connectivity index (χ4v) is 2.90. The molecule has 24 heavy (non-hydrogen) atoms. The number of aromatic amines is 1. The Kier molecular flexibility index (Phi) is 6.48. The van der Waals surface area contributed by atoms with Crippen molar-refractivity contribution >= 4 is 17.5 Å². The van der Waals surface area contributed by atoms with Gasteiger partial charge in [0.1, 0.15) is 5.69 Å². The number of hydrogen-bond donors (Lipinski definition) is 4. The van der Waals surface area contributed by atoms with E-state index in [2.05, 4.69) is 41.4 Å². The van der Waals surface area contributed by atoms with Gasteiger partial charge in [-0.05, 0) is 20.3 Å². The average Bonchev–Trinajstić information content (AvgIpc) is 2.49. The van der Waals surface area contributed by atoms with Crippen molar-refractivity contribution < 1.29 is 4.74 Å². The topological polar surface area (TPSA) is 105 Å². The number of nitrogen functional groups attached to an aromatic ring is 1. The highest BCUT2D eigenvalue weighted by Crippen LogP contribution is 2.29. The summed E-state index contributed by atoms with van der Waals surface area (Å²) < 4.78 is 5.83. The Balaban J connectivity index is 1.82. The van der Waals surface area contributed by atoms with E-state index >= 15 is 0 Å². The predicted octanol–water partition coefficient (Wildman–Crippen LogP) is 2.71. The number of anilines is 3. The molecule has 7 nitrogen and oxygen atoms in total. The molecule has 1 unspecified atom stereocenters. The van der Waals surface area contributed by atoms with Crippen LogP contribution in [-0.4, -0.2) is 34.8 Å². The van der Waals surface area contributed by atoms with E-state index in [0.29, 0.717) is 18.1 Å². The van der Waals surface area contributed by atoms with E-state index in [4.69, 9.17) is 10.5 Å². The van der Waals surface area contributed by atoms with Crippen LogP contribution in [0.5, 0.6) is 0 Å². The van der Waals surface area contributed by atoms with Crippen LogP contribution in [0.15, 0.2) is 4.79 Å². The van der Waals surface area contributed by atoms with Crippen LogP contribution in [-0.2, 0) is 4.74 Å². The van der Waals surface area contributed by atoms with Crippen molar-refractivity contribution in [2.75, 3.05) is 29.6 Å². The number of unbranched alkanes of at least 4 members (excludes halogenated alkanes) is 5. The molecule has 0 aliphatic carbocycles. The summed E-state index contributed by atoms with van der Waals surface area (Å²) in [7, 11) is 0. The van der Waals surface area contributed by atoms with Crippen LogP contribution in [0.4, 0.5) is 17.5 Å². The standard InChI is InChI=1S/C17H31N5O2/c1-4-5-6-7-8-9-10-24-11-12-17(2,3)22-14-13(19-12)15(23)21-16(18)20-14/h12,19H,4-11H2,1-3H3,(H4,18,20,21,22,23). The van der Waals surface area contributed by atoms with Crippen LogP contribution in [0.2, 0.25) is 0 Å². The molecule has 1 aliphatic heterocycles. The van der Waals surface area contributed by atoms with Crippen molar-refractivity contribution in [3.8, 4) is 0 Å². The monoisotopic (exact) mass is 337 g/mol. The zero-order valence-corrected chi connectivity index (χ0v) is 15.1. The van der Waals surface area contributed by atoms with Gasteiger partial charge in [-0.3, -0.25) is 9.78 Å². The Hall–Kier alpha value is -1.76. The van der Waals surface area contributed by atoms with Gasteiger partial charge >= 0.3 is 0 Å². The van der Waals surface area contributed by atoms with Gasteiger partial charge in [0.25, 0.3) is 5.56 Å². The van der Waals surface area contributed by atoms with Crippen LogP contribution >= 0.6 is 0 Å². The fourth-order valence-electron chi connectivity index (χ4n) is 2.90. The van der Waals surface area contributed by atoms with E-state index in [0.717, 1.165) is 13.0 Å². The molecule has 1 aliphatic rings. The van der Waals surface area contributed by atoms with Gasteiger partial charge in [0, 0.05) is 6.61 Å². The summed E-state index contributed by atoms with van der Waals surface area (Å²) in [6.45, 7) is 7.63. The van der Waals surface area contributed by atoms with E-state index < -0.39 is 0 Å². The van der Waals surface area contributed by atoms with Crippen molar-refractivity contribution in [3.05, 3.63) is 10.4 Å². The third-order valence-corrected chi connectivity index (χ3v) is 4.49. The normalized spacial score (nSPS) is 18.5. The quantitative estimate of drug-likeness (QED) is 0.516. The molecule has 1 atom stereocenters. The number of nitrogens with one attached hydrogen (secondary N) is 3. The minimum Gasteiger partial charge on any atom is -0.379 e. The molecular formula is C17H31N5O2. The van der Waals surface area contributed by atoms with Crippen LogP contribution in [0.3, 0.4) is 0 Å². The highest BCUT2D eigenvalue weighted by molar-refractivity contribution is 5.69. The summed E-state index contributed by atoms with van der Waals surface area (Å²) in [6.07, 6.45) is 7.48. The predicted molar refractivity (Wildman–Crippen MR) is 98.6 cm³/mol. The molecule has 0 bridgehead atoms. The van der Waals surface area contributed by atoms with Gasteiger partial charge in [-0.15, -0.1) is 0 Å². The van der Waals surface area contributed by atoms with E-state index in [-0.39, 0.29) is 23.1 Å². The van der Waals surface area contributed by atoms with Crippen molar-refractivity contribution in [1.82, 2.24) is 9.97 Å². The summed E-state index contributed by atoms with van der Waals surface area (Å²) in [4.78, 5) is 18.7. The Bertz CT molecular complexity index is 585. The Morgan fingerprint density at radius 1 is 1.21 bits per heavy atom. The molecule has 2 heterocycles. The SMILES string of the molecule is CCCCCCCCOCC1Nc2c(nc(N)[nH]c2=O)NC1(C)C. The molecule has 0 aromatic carbocycles. The number of aromatic nitrogens is 2. The second kappa shape index (κ2) is 8.37. The van der Waals surface area contributed by atoms with E-state index in [1.54, 1.807) is 0 Å². The number of rotatable bonds is 9. The molecule has 0 radical (unpaired) electrons. The number of nitrogens with zero attached hydrogens (tertiary/aromatic N) is 1. The summed E-state index contributed by atoms with van der Waals surface area (Å²) in [6, 6.07) is -0.0170. The second-order valence-corrected chi connectivity index (χ2v) is 7.06. The lowest BCUT2D eigenvalue weighted by molar-refractivity contribution is 0.108. The zero-order valence-electron chi connectivity index (χ0n) is 15.1.